The van der Waals surface area contributed by atoms with Gasteiger partial charge in [-0.2, -0.15) is 0 Å². The number of ether oxygens (including phenoxy) is 1. The molecule has 0 aliphatic heterocycles. The molecule has 1 amide bonds. The van der Waals surface area contributed by atoms with Gasteiger partial charge in [0.2, 0.25) is 15.9 Å². The number of carbonyl (C=O) groups excluding carboxylic acids is 1. The van der Waals surface area contributed by atoms with Crippen molar-refractivity contribution in [2.45, 2.75) is 31.0 Å². The number of rotatable bonds is 8. The molecular weight excluding hydrogens is 424 g/mol. The van der Waals surface area contributed by atoms with Crippen molar-refractivity contribution in [1.82, 2.24) is 9.97 Å². The summed E-state index contributed by atoms with van der Waals surface area (Å²) in [6.07, 6.45) is 3.39. The van der Waals surface area contributed by atoms with Gasteiger partial charge in [0.15, 0.2) is 9.34 Å². The fourth-order valence-corrected chi connectivity index (χ4v) is 4.79. The Morgan fingerprint density at radius 2 is 1.80 bits per heavy atom. The summed E-state index contributed by atoms with van der Waals surface area (Å²) >= 11 is 0.887. The highest BCUT2D eigenvalue weighted by Gasteiger charge is 2.25. The number of anilines is 1. The number of carbonyl (C=O) groups is 1. The molecule has 0 radical (unpaired) electrons. The first-order valence-electron chi connectivity index (χ1n) is 9.19. The predicted molar refractivity (Wildman–Crippen MR) is 115 cm³/mol. The Kier molecular flexibility index (Phi) is 6.80. The van der Waals surface area contributed by atoms with Crippen molar-refractivity contribution in [3.63, 3.8) is 0 Å². The van der Waals surface area contributed by atoms with Gasteiger partial charge >= 0.3 is 0 Å². The summed E-state index contributed by atoms with van der Waals surface area (Å²) < 4.78 is 29.0. The normalized spacial score (nSPS) is 11.3. The van der Waals surface area contributed by atoms with Crippen molar-refractivity contribution in [2.75, 3.05) is 11.5 Å². The quantitative estimate of drug-likeness (QED) is 0.569. The van der Waals surface area contributed by atoms with E-state index in [0.717, 1.165) is 28.2 Å². The number of aromatic nitrogens is 2. The molecule has 0 spiro atoms. The van der Waals surface area contributed by atoms with Crippen LogP contribution in [-0.4, -0.2) is 30.9 Å². The second kappa shape index (κ2) is 9.33. The number of sulfonamides is 1. The van der Waals surface area contributed by atoms with Crippen LogP contribution in [0.15, 0.2) is 53.0 Å². The zero-order valence-electron chi connectivity index (χ0n) is 16.6. The van der Waals surface area contributed by atoms with Gasteiger partial charge in [0, 0.05) is 12.4 Å². The summed E-state index contributed by atoms with van der Waals surface area (Å²) in [6.45, 7) is 4.25. The molecule has 0 aliphatic carbocycles. The van der Waals surface area contributed by atoms with E-state index in [0.29, 0.717) is 6.61 Å². The fourth-order valence-electron chi connectivity index (χ4n) is 2.82. The van der Waals surface area contributed by atoms with Crippen molar-refractivity contribution in [1.29, 1.82) is 0 Å². The molecule has 0 saturated heterocycles. The molecule has 3 aromatic rings. The van der Waals surface area contributed by atoms with Crippen molar-refractivity contribution < 1.29 is 17.9 Å². The minimum atomic E-state index is -3.92. The third kappa shape index (κ3) is 5.41. The number of benzene rings is 1. The standard InChI is InChI=1S/C20H22N4O4S2/c1-3-28-17-6-4-15(5-7-17)12-18(25)24(13-16-8-10-22-11-9-16)20-23-14(2)19(29-20)30(21,26)27/h4-11H,3,12-13H2,1-2H3,(H2,21,26,27). The van der Waals surface area contributed by atoms with Crippen molar-refractivity contribution >= 4 is 32.4 Å². The van der Waals surface area contributed by atoms with Gasteiger partial charge in [-0.3, -0.25) is 14.7 Å². The molecule has 30 heavy (non-hydrogen) atoms. The van der Waals surface area contributed by atoms with Crippen LogP contribution < -0.4 is 14.8 Å². The molecule has 0 atom stereocenters. The van der Waals surface area contributed by atoms with Gasteiger partial charge in [-0.05, 0) is 49.2 Å². The summed E-state index contributed by atoms with van der Waals surface area (Å²) in [5, 5.41) is 5.56. The Bertz CT molecular complexity index is 1110. The van der Waals surface area contributed by atoms with E-state index in [1.54, 1.807) is 31.5 Å². The molecule has 2 heterocycles. The van der Waals surface area contributed by atoms with Crippen molar-refractivity contribution in [3.8, 4) is 5.75 Å². The minimum absolute atomic E-state index is 0.0499. The summed E-state index contributed by atoms with van der Waals surface area (Å²) in [5.41, 5.74) is 1.92. The Labute approximate surface area is 179 Å². The molecule has 0 fully saturated rings. The van der Waals surface area contributed by atoms with Gasteiger partial charge in [-0.15, -0.1) is 0 Å². The van der Waals surface area contributed by atoms with Crippen LogP contribution in [0.2, 0.25) is 0 Å². The van der Waals surface area contributed by atoms with Gasteiger partial charge in [-0.25, -0.2) is 18.5 Å². The minimum Gasteiger partial charge on any atom is -0.494 e. The van der Waals surface area contributed by atoms with Gasteiger partial charge in [0.1, 0.15) is 5.75 Å². The first-order chi connectivity index (χ1) is 14.3. The largest absolute Gasteiger partial charge is 0.494 e. The number of amides is 1. The molecule has 2 N–H and O–H groups in total. The highest BCUT2D eigenvalue weighted by Crippen LogP contribution is 2.30. The van der Waals surface area contributed by atoms with Gasteiger partial charge < -0.3 is 4.74 Å². The van der Waals surface area contributed by atoms with E-state index in [2.05, 4.69) is 9.97 Å². The van der Waals surface area contributed by atoms with Gasteiger partial charge in [0.25, 0.3) is 0 Å². The zero-order chi connectivity index (χ0) is 21.7. The van der Waals surface area contributed by atoms with E-state index in [-0.39, 0.29) is 33.9 Å². The summed E-state index contributed by atoms with van der Waals surface area (Å²) in [4.78, 5) is 22.9. The number of hydrogen-bond acceptors (Lipinski definition) is 7. The van der Waals surface area contributed by atoms with Gasteiger partial charge in [0.05, 0.1) is 25.3 Å². The average Bonchev–Trinajstić information content (AvgIpc) is 3.10. The van der Waals surface area contributed by atoms with E-state index in [1.807, 2.05) is 31.2 Å². The third-order valence-corrected chi connectivity index (χ3v) is 6.95. The number of thiazole rings is 1. The van der Waals surface area contributed by atoms with Crippen LogP contribution in [0.1, 0.15) is 23.7 Å². The van der Waals surface area contributed by atoms with Crippen molar-refractivity contribution in [2.24, 2.45) is 5.14 Å². The summed E-state index contributed by atoms with van der Waals surface area (Å²) in [6, 6.07) is 10.9. The molecule has 0 aliphatic rings. The predicted octanol–water partition coefficient (Wildman–Crippen LogP) is 2.67. The molecule has 1 aromatic carbocycles. The highest BCUT2D eigenvalue weighted by molar-refractivity contribution is 7.91. The number of pyridine rings is 1. The molecular formula is C20H22N4O4S2. The summed E-state index contributed by atoms with van der Waals surface area (Å²) in [7, 11) is -3.92. The number of primary sulfonamides is 1. The van der Waals surface area contributed by atoms with E-state index in [4.69, 9.17) is 9.88 Å². The first kappa shape index (κ1) is 21.9. The monoisotopic (exact) mass is 446 g/mol. The highest BCUT2D eigenvalue weighted by atomic mass is 32.2. The Morgan fingerprint density at radius 1 is 1.13 bits per heavy atom. The molecule has 2 aromatic heterocycles. The maximum atomic E-state index is 13.2. The smallest absolute Gasteiger partial charge is 0.249 e. The molecule has 0 unspecified atom stereocenters. The number of nitrogens with zero attached hydrogens (tertiary/aromatic N) is 3. The first-order valence-corrected chi connectivity index (χ1v) is 11.6. The van der Waals surface area contributed by atoms with Crippen LogP contribution in [-0.2, 0) is 27.8 Å². The lowest BCUT2D eigenvalue weighted by molar-refractivity contribution is -0.118. The second-order valence-electron chi connectivity index (χ2n) is 6.50. The van der Waals surface area contributed by atoms with Crippen LogP contribution in [0.5, 0.6) is 5.75 Å². The van der Waals surface area contributed by atoms with Crippen molar-refractivity contribution in [3.05, 3.63) is 65.6 Å². The molecule has 0 saturated carbocycles. The maximum Gasteiger partial charge on any atom is 0.249 e. The Balaban J connectivity index is 1.90. The number of hydrogen-bond donors (Lipinski definition) is 1. The SMILES string of the molecule is CCOc1ccc(CC(=O)N(Cc2ccncc2)c2nc(C)c(S(N)(=O)=O)s2)cc1. The lowest BCUT2D eigenvalue weighted by atomic mass is 10.1. The Morgan fingerprint density at radius 3 is 2.37 bits per heavy atom. The van der Waals surface area contributed by atoms with E-state index in [1.165, 1.54) is 4.90 Å². The van der Waals surface area contributed by atoms with E-state index < -0.39 is 10.0 Å². The maximum absolute atomic E-state index is 13.2. The van der Waals surface area contributed by atoms with Crippen LogP contribution in [0, 0.1) is 6.92 Å². The van der Waals surface area contributed by atoms with Crippen LogP contribution in [0.4, 0.5) is 5.13 Å². The number of nitrogens with two attached hydrogens (primary N) is 1. The molecule has 8 nitrogen and oxygen atoms in total. The van der Waals surface area contributed by atoms with Gasteiger partial charge in [-0.1, -0.05) is 23.5 Å². The molecule has 10 heteroatoms. The van der Waals surface area contributed by atoms with E-state index >= 15 is 0 Å². The Hall–Kier alpha value is -2.82. The molecule has 158 valence electrons. The number of aryl methyl sites for hydroxylation is 1. The third-order valence-electron chi connectivity index (χ3n) is 4.21. The van der Waals surface area contributed by atoms with E-state index in [9.17, 15) is 13.2 Å². The zero-order valence-corrected chi connectivity index (χ0v) is 18.2. The van der Waals surface area contributed by atoms with Crippen LogP contribution in [0.25, 0.3) is 0 Å². The lowest BCUT2D eigenvalue weighted by Crippen LogP contribution is -2.31. The lowest BCUT2D eigenvalue weighted by Gasteiger charge is -2.20. The topological polar surface area (TPSA) is 115 Å². The summed E-state index contributed by atoms with van der Waals surface area (Å²) in [5.74, 6) is 0.515. The van der Waals surface area contributed by atoms with Crippen LogP contribution in [0.3, 0.4) is 0 Å². The average molecular weight is 447 g/mol. The second-order valence-corrected chi connectivity index (χ2v) is 9.24. The fraction of sp³-hybridized carbons (Fsp3) is 0.250. The molecule has 0 bridgehead atoms. The molecule has 3 rings (SSSR count). The van der Waals surface area contributed by atoms with Crippen LogP contribution >= 0.6 is 11.3 Å².